The second-order valence-electron chi connectivity index (χ2n) is 4.84. The molecule has 1 amide bonds. The van der Waals surface area contributed by atoms with Crippen LogP contribution in [-0.4, -0.2) is 18.8 Å². The number of methoxy groups -OCH3 is 1. The first-order valence-corrected chi connectivity index (χ1v) is 7.72. The minimum atomic E-state index is -0.261. The van der Waals surface area contributed by atoms with Crippen molar-refractivity contribution in [2.45, 2.75) is 6.92 Å². The summed E-state index contributed by atoms with van der Waals surface area (Å²) in [5.74, 6) is 0.412. The Morgan fingerprint density at radius 3 is 2.43 bits per heavy atom. The van der Waals surface area contributed by atoms with Crippen LogP contribution >= 0.6 is 15.9 Å². The molecule has 0 aliphatic carbocycles. The molecule has 0 saturated heterocycles. The number of hydrogen-bond acceptors (Lipinski definition) is 3. The summed E-state index contributed by atoms with van der Waals surface area (Å²) in [6.07, 6.45) is 3.12. The molecule has 2 aromatic carbocycles. The summed E-state index contributed by atoms with van der Waals surface area (Å²) in [5.41, 5.74) is 2.03. The average molecular weight is 374 g/mol. The molecule has 2 rings (SSSR count). The first kappa shape index (κ1) is 17.0. The van der Waals surface area contributed by atoms with Gasteiger partial charge in [-0.05, 0) is 55.5 Å². The monoisotopic (exact) mass is 373 g/mol. The first-order chi connectivity index (χ1) is 11.0. The smallest absolute Gasteiger partial charge is 0.248 e. The Kier molecular flexibility index (Phi) is 5.71. The number of nitrogens with one attached hydrogen (secondary N) is 1. The number of Topliss-reactive ketones (excluding diaryl/α,β-unsaturated/α-hetero) is 1. The van der Waals surface area contributed by atoms with E-state index in [9.17, 15) is 9.59 Å². The van der Waals surface area contributed by atoms with Crippen LogP contribution in [0.1, 0.15) is 22.8 Å². The fourth-order valence-corrected chi connectivity index (χ4v) is 2.35. The van der Waals surface area contributed by atoms with E-state index in [1.807, 2.05) is 18.2 Å². The van der Waals surface area contributed by atoms with E-state index in [0.717, 1.165) is 10.0 Å². The zero-order chi connectivity index (χ0) is 16.8. The van der Waals surface area contributed by atoms with E-state index >= 15 is 0 Å². The topological polar surface area (TPSA) is 55.4 Å². The van der Waals surface area contributed by atoms with Crippen LogP contribution in [0.2, 0.25) is 0 Å². The predicted octanol–water partition coefficient (Wildman–Crippen LogP) is 4.31. The molecule has 2 aromatic rings. The predicted molar refractivity (Wildman–Crippen MR) is 94.8 cm³/mol. The lowest BCUT2D eigenvalue weighted by molar-refractivity contribution is -0.111. The van der Waals surface area contributed by atoms with Crippen LogP contribution in [0.4, 0.5) is 5.69 Å². The van der Waals surface area contributed by atoms with E-state index in [0.29, 0.717) is 17.0 Å². The van der Waals surface area contributed by atoms with Crippen molar-refractivity contribution in [1.29, 1.82) is 0 Å². The molecule has 0 radical (unpaired) electrons. The van der Waals surface area contributed by atoms with E-state index < -0.39 is 0 Å². The molecule has 0 aliphatic heterocycles. The Balaban J connectivity index is 2.07. The molecule has 23 heavy (non-hydrogen) atoms. The van der Waals surface area contributed by atoms with Crippen LogP contribution in [0.15, 0.2) is 53.0 Å². The van der Waals surface area contributed by atoms with Gasteiger partial charge in [-0.3, -0.25) is 9.59 Å². The highest BCUT2D eigenvalue weighted by molar-refractivity contribution is 9.10. The van der Waals surface area contributed by atoms with E-state index in [1.165, 1.54) is 13.0 Å². The maximum atomic E-state index is 12.0. The van der Waals surface area contributed by atoms with Crippen molar-refractivity contribution in [3.05, 3.63) is 64.1 Å². The molecule has 4 nitrogen and oxygen atoms in total. The Hall–Kier alpha value is -2.40. The number of ether oxygens (including phenoxy) is 1. The maximum absolute atomic E-state index is 12.0. The van der Waals surface area contributed by atoms with Crippen molar-refractivity contribution >= 4 is 39.4 Å². The zero-order valence-corrected chi connectivity index (χ0v) is 14.4. The largest absolute Gasteiger partial charge is 0.496 e. The fraction of sp³-hybridized carbons (Fsp3) is 0.111. The molecule has 1 N–H and O–H groups in total. The Labute approximate surface area is 143 Å². The molecule has 0 atom stereocenters. The van der Waals surface area contributed by atoms with Crippen molar-refractivity contribution < 1.29 is 14.3 Å². The zero-order valence-electron chi connectivity index (χ0n) is 12.8. The molecule has 0 heterocycles. The number of rotatable bonds is 5. The number of hydrogen-bond donors (Lipinski definition) is 1. The molecule has 0 saturated carbocycles. The summed E-state index contributed by atoms with van der Waals surface area (Å²) < 4.78 is 6.15. The van der Waals surface area contributed by atoms with Gasteiger partial charge in [0.25, 0.3) is 0 Å². The number of carbonyl (C=O) groups excluding carboxylic acids is 2. The molecule has 0 fully saturated rings. The van der Waals surface area contributed by atoms with Crippen LogP contribution in [0, 0.1) is 0 Å². The lowest BCUT2D eigenvalue weighted by Crippen LogP contribution is -2.07. The summed E-state index contributed by atoms with van der Waals surface area (Å²) in [5, 5.41) is 2.74. The third-order valence-corrected chi connectivity index (χ3v) is 3.66. The summed E-state index contributed by atoms with van der Waals surface area (Å²) >= 11 is 3.39. The lowest BCUT2D eigenvalue weighted by atomic mass is 10.1. The van der Waals surface area contributed by atoms with Gasteiger partial charge >= 0.3 is 0 Å². The number of carbonyl (C=O) groups is 2. The van der Waals surface area contributed by atoms with Crippen LogP contribution in [-0.2, 0) is 4.79 Å². The first-order valence-electron chi connectivity index (χ1n) is 6.93. The van der Waals surface area contributed by atoms with Gasteiger partial charge in [-0.25, -0.2) is 0 Å². The molecule has 0 bridgehead atoms. The van der Waals surface area contributed by atoms with Gasteiger partial charge in [-0.1, -0.05) is 15.9 Å². The van der Waals surface area contributed by atoms with Crippen molar-refractivity contribution in [2.75, 3.05) is 12.4 Å². The van der Waals surface area contributed by atoms with Gasteiger partial charge in [0.1, 0.15) is 5.75 Å². The van der Waals surface area contributed by atoms with E-state index in [2.05, 4.69) is 21.2 Å². The number of ketones is 1. The summed E-state index contributed by atoms with van der Waals surface area (Å²) in [4.78, 5) is 23.2. The van der Waals surface area contributed by atoms with Gasteiger partial charge in [0.15, 0.2) is 5.78 Å². The molecule has 0 unspecified atom stereocenters. The minimum absolute atomic E-state index is 0.00970. The molecule has 118 valence electrons. The minimum Gasteiger partial charge on any atom is -0.496 e. The second kappa shape index (κ2) is 7.74. The summed E-state index contributed by atoms with van der Waals surface area (Å²) in [7, 11) is 1.58. The third kappa shape index (κ3) is 4.79. The summed E-state index contributed by atoms with van der Waals surface area (Å²) in [6.45, 7) is 1.50. The molecular formula is C18H16BrNO3. The van der Waals surface area contributed by atoms with E-state index in [-0.39, 0.29) is 11.7 Å². The van der Waals surface area contributed by atoms with Crippen molar-refractivity contribution in [3.8, 4) is 5.75 Å². The normalized spacial score (nSPS) is 10.6. The van der Waals surface area contributed by atoms with Crippen molar-refractivity contribution in [3.63, 3.8) is 0 Å². The summed E-state index contributed by atoms with van der Waals surface area (Å²) in [6, 6.07) is 12.3. The number of anilines is 1. The number of benzene rings is 2. The van der Waals surface area contributed by atoms with Gasteiger partial charge in [0.2, 0.25) is 5.91 Å². The SMILES string of the molecule is COc1ccc(Br)cc1/C=C/C(=O)Nc1ccc(C(C)=O)cc1. The molecule has 0 spiro atoms. The van der Waals surface area contributed by atoms with Crippen LogP contribution in [0.25, 0.3) is 6.08 Å². The van der Waals surface area contributed by atoms with Gasteiger partial charge in [0.05, 0.1) is 7.11 Å². The second-order valence-corrected chi connectivity index (χ2v) is 5.76. The maximum Gasteiger partial charge on any atom is 0.248 e. The van der Waals surface area contributed by atoms with E-state index in [1.54, 1.807) is 37.5 Å². The van der Waals surface area contributed by atoms with Crippen LogP contribution < -0.4 is 10.1 Å². The highest BCUT2D eigenvalue weighted by Gasteiger charge is 2.03. The lowest BCUT2D eigenvalue weighted by Gasteiger charge is -2.05. The molecule has 0 aliphatic rings. The number of amides is 1. The molecule has 0 aromatic heterocycles. The Bertz CT molecular complexity index is 751. The quantitative estimate of drug-likeness (QED) is 0.627. The Morgan fingerprint density at radius 1 is 1.13 bits per heavy atom. The van der Waals surface area contributed by atoms with Crippen LogP contribution in [0.3, 0.4) is 0 Å². The third-order valence-electron chi connectivity index (χ3n) is 3.16. The highest BCUT2D eigenvalue weighted by atomic mass is 79.9. The number of halogens is 1. The van der Waals surface area contributed by atoms with Gasteiger partial charge < -0.3 is 10.1 Å². The Morgan fingerprint density at radius 2 is 1.83 bits per heavy atom. The molecular weight excluding hydrogens is 358 g/mol. The van der Waals surface area contributed by atoms with Gasteiger partial charge in [-0.2, -0.15) is 0 Å². The van der Waals surface area contributed by atoms with Crippen LogP contribution in [0.5, 0.6) is 5.75 Å². The van der Waals surface area contributed by atoms with Crippen molar-refractivity contribution in [2.24, 2.45) is 0 Å². The fourth-order valence-electron chi connectivity index (χ4n) is 1.97. The standard InChI is InChI=1S/C18H16BrNO3/c1-12(21)13-3-7-16(8-4-13)20-18(22)10-5-14-11-15(19)6-9-17(14)23-2/h3-11H,1-2H3,(H,20,22)/b10-5+. The van der Waals surface area contributed by atoms with Crippen molar-refractivity contribution in [1.82, 2.24) is 0 Å². The highest BCUT2D eigenvalue weighted by Crippen LogP contribution is 2.24. The van der Waals surface area contributed by atoms with E-state index in [4.69, 9.17) is 4.74 Å². The average Bonchev–Trinajstić information content (AvgIpc) is 2.53. The molecule has 5 heteroatoms. The van der Waals surface area contributed by atoms with Gasteiger partial charge in [0, 0.05) is 27.4 Å². The van der Waals surface area contributed by atoms with Gasteiger partial charge in [-0.15, -0.1) is 0 Å².